The first-order chi connectivity index (χ1) is 7.73. The summed E-state index contributed by atoms with van der Waals surface area (Å²) in [6.07, 6.45) is 4.82. The Labute approximate surface area is 104 Å². The highest BCUT2D eigenvalue weighted by molar-refractivity contribution is 6.21. The molecule has 0 radical (unpaired) electrons. The Kier molecular flexibility index (Phi) is 4.15. The van der Waals surface area contributed by atoms with Crippen molar-refractivity contribution in [3.05, 3.63) is 0 Å². The van der Waals surface area contributed by atoms with Crippen molar-refractivity contribution in [2.24, 2.45) is 11.3 Å². The highest BCUT2D eigenvalue weighted by Crippen LogP contribution is 2.52. The van der Waals surface area contributed by atoms with Crippen molar-refractivity contribution >= 4 is 11.6 Å². The Balaban J connectivity index is 1.81. The maximum absolute atomic E-state index is 6.36. The third-order valence-electron chi connectivity index (χ3n) is 4.56. The molecular formula is C13H23ClO2. The lowest BCUT2D eigenvalue weighted by molar-refractivity contribution is -0.120. The van der Waals surface area contributed by atoms with Crippen molar-refractivity contribution in [3.8, 4) is 0 Å². The Hall–Kier alpha value is 0.210. The van der Waals surface area contributed by atoms with E-state index >= 15 is 0 Å². The Bertz CT molecular complexity index is 222. The van der Waals surface area contributed by atoms with E-state index in [1.54, 1.807) is 0 Å². The molecule has 3 heteroatoms. The summed E-state index contributed by atoms with van der Waals surface area (Å²) in [4.78, 5) is 0. The summed E-state index contributed by atoms with van der Waals surface area (Å²) in [5, 5.41) is 0.312. The van der Waals surface area contributed by atoms with Gasteiger partial charge in [0.2, 0.25) is 0 Å². The van der Waals surface area contributed by atoms with Gasteiger partial charge in [0.05, 0.1) is 19.3 Å². The third-order valence-corrected chi connectivity index (χ3v) is 5.17. The molecule has 1 saturated heterocycles. The van der Waals surface area contributed by atoms with E-state index in [1.165, 1.54) is 0 Å². The molecule has 16 heavy (non-hydrogen) atoms. The van der Waals surface area contributed by atoms with Gasteiger partial charge in [-0.25, -0.2) is 0 Å². The summed E-state index contributed by atoms with van der Waals surface area (Å²) < 4.78 is 11.4. The molecule has 0 bridgehead atoms. The summed E-state index contributed by atoms with van der Waals surface area (Å²) in [5.41, 5.74) is 0.237. The molecule has 1 aliphatic carbocycles. The summed E-state index contributed by atoms with van der Waals surface area (Å²) >= 11 is 6.36. The zero-order valence-electron chi connectivity index (χ0n) is 10.4. The first kappa shape index (κ1) is 12.7. The quantitative estimate of drug-likeness (QED) is 0.694. The van der Waals surface area contributed by atoms with Gasteiger partial charge in [0, 0.05) is 23.3 Å². The van der Waals surface area contributed by atoms with Crippen LogP contribution in [0.3, 0.4) is 0 Å². The van der Waals surface area contributed by atoms with Crippen molar-refractivity contribution in [1.29, 1.82) is 0 Å². The van der Waals surface area contributed by atoms with E-state index in [2.05, 4.69) is 13.8 Å². The monoisotopic (exact) mass is 246 g/mol. The second-order valence-corrected chi connectivity index (χ2v) is 5.72. The lowest BCUT2D eigenvalue weighted by atomic mass is 9.62. The normalized spacial score (nSPS) is 37.3. The van der Waals surface area contributed by atoms with Crippen LogP contribution >= 0.6 is 11.6 Å². The zero-order valence-corrected chi connectivity index (χ0v) is 11.1. The summed E-state index contributed by atoms with van der Waals surface area (Å²) in [6.45, 7) is 7.10. The topological polar surface area (TPSA) is 18.5 Å². The van der Waals surface area contributed by atoms with E-state index in [9.17, 15) is 0 Å². The molecule has 0 aromatic carbocycles. The third kappa shape index (κ3) is 2.12. The Morgan fingerprint density at radius 1 is 1.38 bits per heavy atom. The molecule has 3 atom stereocenters. The fourth-order valence-electron chi connectivity index (χ4n) is 3.05. The molecule has 94 valence electrons. The van der Waals surface area contributed by atoms with Gasteiger partial charge in [-0.2, -0.15) is 0 Å². The Morgan fingerprint density at radius 2 is 2.12 bits per heavy atom. The molecule has 1 aliphatic heterocycles. The van der Waals surface area contributed by atoms with E-state index in [0.29, 0.717) is 17.4 Å². The maximum atomic E-state index is 6.36. The minimum atomic E-state index is 0.237. The molecule has 2 nitrogen and oxygen atoms in total. The van der Waals surface area contributed by atoms with Crippen LogP contribution < -0.4 is 0 Å². The van der Waals surface area contributed by atoms with Gasteiger partial charge in [0.25, 0.3) is 0 Å². The van der Waals surface area contributed by atoms with Crippen molar-refractivity contribution in [2.45, 2.75) is 51.0 Å². The SMILES string of the molecule is CCC1(CC)C(Cl)CC1OCC1CCOC1. The molecule has 0 amide bonds. The number of hydrogen-bond donors (Lipinski definition) is 0. The van der Waals surface area contributed by atoms with E-state index in [-0.39, 0.29) is 5.41 Å². The van der Waals surface area contributed by atoms with Crippen LogP contribution in [0.25, 0.3) is 0 Å². The molecule has 0 aromatic rings. The molecular weight excluding hydrogens is 224 g/mol. The minimum absolute atomic E-state index is 0.237. The number of halogens is 1. The molecule has 1 saturated carbocycles. The number of hydrogen-bond acceptors (Lipinski definition) is 2. The minimum Gasteiger partial charge on any atom is -0.381 e. The van der Waals surface area contributed by atoms with Crippen molar-refractivity contribution in [3.63, 3.8) is 0 Å². The van der Waals surface area contributed by atoms with Crippen LogP contribution in [0.4, 0.5) is 0 Å². The lowest BCUT2D eigenvalue weighted by Crippen LogP contribution is -2.55. The first-order valence-corrected chi connectivity index (χ1v) is 7.00. The van der Waals surface area contributed by atoms with Gasteiger partial charge in [0.15, 0.2) is 0 Å². The maximum Gasteiger partial charge on any atom is 0.0659 e. The van der Waals surface area contributed by atoms with E-state index in [4.69, 9.17) is 21.1 Å². The molecule has 2 rings (SSSR count). The van der Waals surface area contributed by atoms with Gasteiger partial charge in [-0.15, -0.1) is 11.6 Å². The average molecular weight is 247 g/mol. The largest absolute Gasteiger partial charge is 0.381 e. The highest BCUT2D eigenvalue weighted by Gasteiger charge is 2.52. The van der Waals surface area contributed by atoms with Crippen LogP contribution in [0.1, 0.15) is 39.5 Å². The molecule has 2 aliphatic rings. The van der Waals surface area contributed by atoms with Crippen LogP contribution in [-0.4, -0.2) is 31.3 Å². The molecule has 0 aromatic heterocycles. The molecule has 1 heterocycles. The van der Waals surface area contributed by atoms with Crippen molar-refractivity contribution < 1.29 is 9.47 Å². The van der Waals surface area contributed by atoms with Gasteiger partial charge in [0.1, 0.15) is 0 Å². The van der Waals surface area contributed by atoms with Crippen LogP contribution in [0, 0.1) is 11.3 Å². The van der Waals surface area contributed by atoms with Gasteiger partial charge in [-0.05, 0) is 25.7 Å². The summed E-state index contributed by atoms with van der Waals surface area (Å²) in [6, 6.07) is 0. The fourth-order valence-corrected chi connectivity index (χ4v) is 3.66. The number of alkyl halides is 1. The van der Waals surface area contributed by atoms with E-state index < -0.39 is 0 Å². The average Bonchev–Trinajstić information content (AvgIpc) is 2.78. The van der Waals surface area contributed by atoms with Gasteiger partial charge in [-0.1, -0.05) is 13.8 Å². The fraction of sp³-hybridized carbons (Fsp3) is 1.00. The molecule has 2 fully saturated rings. The second-order valence-electron chi connectivity index (χ2n) is 5.20. The standard InChI is InChI=1S/C13H23ClO2/c1-3-13(4-2)11(14)7-12(13)16-9-10-5-6-15-8-10/h10-12H,3-9H2,1-2H3. The predicted octanol–water partition coefficient (Wildman–Crippen LogP) is 3.23. The van der Waals surface area contributed by atoms with Crippen molar-refractivity contribution in [2.75, 3.05) is 19.8 Å². The smallest absolute Gasteiger partial charge is 0.0659 e. The van der Waals surface area contributed by atoms with Crippen LogP contribution in [0.5, 0.6) is 0 Å². The van der Waals surface area contributed by atoms with Crippen LogP contribution in [0.2, 0.25) is 0 Å². The van der Waals surface area contributed by atoms with Crippen molar-refractivity contribution in [1.82, 2.24) is 0 Å². The predicted molar refractivity (Wildman–Crippen MR) is 65.9 cm³/mol. The van der Waals surface area contributed by atoms with Gasteiger partial charge < -0.3 is 9.47 Å². The molecule has 0 spiro atoms. The number of ether oxygens (including phenoxy) is 2. The van der Waals surface area contributed by atoms with Crippen LogP contribution in [-0.2, 0) is 9.47 Å². The van der Waals surface area contributed by atoms with Gasteiger partial charge >= 0.3 is 0 Å². The molecule has 0 N–H and O–H groups in total. The highest BCUT2D eigenvalue weighted by atomic mass is 35.5. The molecule has 3 unspecified atom stereocenters. The number of rotatable bonds is 5. The summed E-state index contributed by atoms with van der Waals surface area (Å²) in [7, 11) is 0. The lowest BCUT2D eigenvalue weighted by Gasteiger charge is -2.52. The zero-order chi connectivity index (χ0) is 11.6. The van der Waals surface area contributed by atoms with Crippen LogP contribution in [0.15, 0.2) is 0 Å². The Morgan fingerprint density at radius 3 is 2.62 bits per heavy atom. The van der Waals surface area contributed by atoms with E-state index in [0.717, 1.165) is 45.5 Å². The second kappa shape index (κ2) is 5.24. The van der Waals surface area contributed by atoms with Gasteiger partial charge in [-0.3, -0.25) is 0 Å². The summed E-state index contributed by atoms with van der Waals surface area (Å²) in [5.74, 6) is 0.612. The first-order valence-electron chi connectivity index (χ1n) is 6.56. The van der Waals surface area contributed by atoms with E-state index in [1.807, 2.05) is 0 Å².